The SMILES string of the molecule is Cc1cc(-c2noc(-c3cc(Cl)cc(Cl)c3)c2[N+](=O)[O-])ccc1C(=O)O. The summed E-state index contributed by atoms with van der Waals surface area (Å²) < 4.78 is 5.20. The number of aromatic carboxylic acids is 1. The van der Waals surface area contributed by atoms with Crippen molar-refractivity contribution in [1.82, 2.24) is 5.16 Å². The number of aromatic nitrogens is 1. The maximum atomic E-state index is 11.6. The van der Waals surface area contributed by atoms with E-state index in [0.717, 1.165) is 0 Å². The van der Waals surface area contributed by atoms with Gasteiger partial charge in [0.2, 0.25) is 5.76 Å². The largest absolute Gasteiger partial charge is 0.478 e. The number of halogens is 2. The summed E-state index contributed by atoms with van der Waals surface area (Å²) in [6, 6.07) is 8.75. The van der Waals surface area contributed by atoms with Crippen LogP contribution in [0.15, 0.2) is 40.9 Å². The van der Waals surface area contributed by atoms with Gasteiger partial charge in [0.15, 0.2) is 5.69 Å². The molecule has 0 saturated heterocycles. The fourth-order valence-corrected chi connectivity index (χ4v) is 3.10. The van der Waals surface area contributed by atoms with E-state index in [0.29, 0.717) is 26.7 Å². The predicted octanol–water partition coefficient (Wildman–Crippen LogP) is 5.23. The van der Waals surface area contributed by atoms with E-state index in [2.05, 4.69) is 5.16 Å². The number of hydrogen-bond acceptors (Lipinski definition) is 5. The molecule has 1 N–H and O–H groups in total. The first-order valence-corrected chi connectivity index (χ1v) is 7.98. The minimum absolute atomic E-state index is 0.0128. The van der Waals surface area contributed by atoms with Crippen LogP contribution in [0.5, 0.6) is 0 Å². The van der Waals surface area contributed by atoms with Crippen LogP contribution in [0, 0.1) is 17.0 Å². The molecule has 0 spiro atoms. The highest BCUT2D eigenvalue weighted by molar-refractivity contribution is 6.35. The highest BCUT2D eigenvalue weighted by Crippen LogP contribution is 2.40. The summed E-state index contributed by atoms with van der Waals surface area (Å²) in [5.41, 5.74) is 0.850. The molecule has 26 heavy (non-hydrogen) atoms. The van der Waals surface area contributed by atoms with Gasteiger partial charge in [0.25, 0.3) is 0 Å². The van der Waals surface area contributed by atoms with Gasteiger partial charge in [-0.15, -0.1) is 0 Å². The van der Waals surface area contributed by atoms with E-state index < -0.39 is 10.9 Å². The third-order valence-corrected chi connectivity index (χ3v) is 4.14. The first kappa shape index (κ1) is 17.9. The molecule has 3 rings (SSSR count). The highest BCUT2D eigenvalue weighted by Gasteiger charge is 2.30. The quantitative estimate of drug-likeness (QED) is 0.481. The Balaban J connectivity index is 2.18. The first-order chi connectivity index (χ1) is 12.3. The van der Waals surface area contributed by atoms with E-state index in [1.807, 2.05) is 0 Å². The summed E-state index contributed by atoms with van der Waals surface area (Å²) >= 11 is 11.9. The average molecular weight is 393 g/mol. The van der Waals surface area contributed by atoms with Gasteiger partial charge in [-0.1, -0.05) is 34.4 Å². The molecular formula is C17H10Cl2N2O5. The predicted molar refractivity (Wildman–Crippen MR) is 95.7 cm³/mol. The highest BCUT2D eigenvalue weighted by atomic mass is 35.5. The molecule has 0 bridgehead atoms. The summed E-state index contributed by atoms with van der Waals surface area (Å²) in [6.45, 7) is 1.59. The lowest BCUT2D eigenvalue weighted by atomic mass is 10.0. The lowest BCUT2D eigenvalue weighted by Crippen LogP contribution is -2.00. The first-order valence-electron chi connectivity index (χ1n) is 7.22. The third-order valence-electron chi connectivity index (χ3n) is 3.71. The number of hydrogen-bond donors (Lipinski definition) is 1. The number of nitrogens with zero attached hydrogens (tertiary/aromatic N) is 2. The van der Waals surface area contributed by atoms with Crippen LogP contribution < -0.4 is 0 Å². The number of carboxylic acid groups (broad SMARTS) is 1. The Morgan fingerprint density at radius 1 is 1.15 bits per heavy atom. The molecule has 0 fully saturated rings. The second kappa shape index (κ2) is 6.78. The van der Waals surface area contributed by atoms with Gasteiger partial charge in [-0.25, -0.2) is 4.79 Å². The Morgan fingerprint density at radius 3 is 2.35 bits per heavy atom. The summed E-state index contributed by atoms with van der Waals surface area (Å²) in [6.07, 6.45) is 0. The Kier molecular flexibility index (Phi) is 4.67. The molecule has 3 aromatic rings. The number of benzene rings is 2. The van der Waals surface area contributed by atoms with Crippen LogP contribution in [0.1, 0.15) is 15.9 Å². The maximum Gasteiger partial charge on any atom is 0.344 e. The summed E-state index contributed by atoms with van der Waals surface area (Å²) in [5.74, 6) is -1.17. The molecule has 1 heterocycles. The molecule has 132 valence electrons. The zero-order chi connectivity index (χ0) is 19.0. The van der Waals surface area contributed by atoms with Gasteiger partial charge in [0, 0.05) is 21.2 Å². The van der Waals surface area contributed by atoms with Crippen molar-refractivity contribution in [2.24, 2.45) is 0 Å². The van der Waals surface area contributed by atoms with Gasteiger partial charge in [-0.2, -0.15) is 0 Å². The molecule has 1 aromatic heterocycles. The Morgan fingerprint density at radius 2 is 1.81 bits per heavy atom. The zero-order valence-corrected chi connectivity index (χ0v) is 14.7. The number of rotatable bonds is 4. The minimum Gasteiger partial charge on any atom is -0.478 e. The van der Waals surface area contributed by atoms with Gasteiger partial charge in [0.1, 0.15) is 0 Å². The van der Waals surface area contributed by atoms with Crippen molar-refractivity contribution in [3.05, 3.63) is 67.7 Å². The van der Waals surface area contributed by atoms with E-state index >= 15 is 0 Å². The Labute approximate surface area is 156 Å². The second-order valence-electron chi connectivity index (χ2n) is 5.46. The smallest absolute Gasteiger partial charge is 0.344 e. The van der Waals surface area contributed by atoms with Crippen molar-refractivity contribution in [2.45, 2.75) is 6.92 Å². The van der Waals surface area contributed by atoms with E-state index in [1.165, 1.54) is 36.4 Å². The van der Waals surface area contributed by atoms with E-state index in [9.17, 15) is 14.9 Å². The zero-order valence-electron chi connectivity index (χ0n) is 13.2. The van der Waals surface area contributed by atoms with Crippen LogP contribution in [0.3, 0.4) is 0 Å². The van der Waals surface area contributed by atoms with Crippen molar-refractivity contribution in [1.29, 1.82) is 0 Å². The maximum absolute atomic E-state index is 11.6. The fraction of sp³-hybridized carbons (Fsp3) is 0.0588. The van der Waals surface area contributed by atoms with Crippen LogP contribution in [0.4, 0.5) is 5.69 Å². The Bertz CT molecular complexity index is 1030. The monoisotopic (exact) mass is 392 g/mol. The van der Waals surface area contributed by atoms with E-state index in [4.69, 9.17) is 32.8 Å². The number of nitro groups is 1. The third kappa shape index (κ3) is 3.26. The molecule has 7 nitrogen and oxygen atoms in total. The molecule has 0 amide bonds. The molecule has 0 atom stereocenters. The number of carbonyl (C=O) groups is 1. The number of aryl methyl sites for hydroxylation is 1. The second-order valence-corrected chi connectivity index (χ2v) is 6.33. The lowest BCUT2D eigenvalue weighted by molar-refractivity contribution is -0.383. The van der Waals surface area contributed by atoms with Crippen LogP contribution in [-0.2, 0) is 0 Å². The average Bonchev–Trinajstić information content (AvgIpc) is 2.98. The van der Waals surface area contributed by atoms with Crippen molar-refractivity contribution < 1.29 is 19.3 Å². The van der Waals surface area contributed by atoms with Gasteiger partial charge in [-0.05, 0) is 42.8 Å². The minimum atomic E-state index is -1.09. The van der Waals surface area contributed by atoms with Crippen molar-refractivity contribution in [2.75, 3.05) is 0 Å². The lowest BCUT2D eigenvalue weighted by Gasteiger charge is -2.03. The Hall–Kier alpha value is -2.90. The van der Waals surface area contributed by atoms with Crippen LogP contribution in [0.25, 0.3) is 22.6 Å². The molecule has 0 aliphatic rings. The van der Waals surface area contributed by atoms with Crippen LogP contribution in [-0.4, -0.2) is 21.2 Å². The molecule has 0 saturated carbocycles. The van der Waals surface area contributed by atoms with E-state index in [1.54, 1.807) is 6.92 Å². The topological polar surface area (TPSA) is 106 Å². The van der Waals surface area contributed by atoms with Crippen LogP contribution in [0.2, 0.25) is 10.0 Å². The van der Waals surface area contributed by atoms with Gasteiger partial charge in [0.05, 0.1) is 10.5 Å². The normalized spacial score (nSPS) is 10.7. The summed E-state index contributed by atoms with van der Waals surface area (Å²) in [7, 11) is 0. The van der Waals surface area contributed by atoms with Crippen molar-refractivity contribution >= 4 is 34.9 Å². The molecule has 2 aromatic carbocycles. The number of carboxylic acids is 1. The summed E-state index contributed by atoms with van der Waals surface area (Å²) in [4.78, 5) is 22.1. The van der Waals surface area contributed by atoms with Gasteiger partial charge < -0.3 is 9.63 Å². The molecule has 0 radical (unpaired) electrons. The summed E-state index contributed by atoms with van der Waals surface area (Å²) in [5, 5.41) is 25.1. The van der Waals surface area contributed by atoms with Crippen molar-refractivity contribution in [3.63, 3.8) is 0 Å². The van der Waals surface area contributed by atoms with Crippen LogP contribution >= 0.6 is 23.2 Å². The molecular weight excluding hydrogens is 383 g/mol. The fourth-order valence-electron chi connectivity index (χ4n) is 2.57. The van der Waals surface area contributed by atoms with Gasteiger partial charge in [-0.3, -0.25) is 10.1 Å². The van der Waals surface area contributed by atoms with Crippen molar-refractivity contribution in [3.8, 4) is 22.6 Å². The van der Waals surface area contributed by atoms with E-state index in [-0.39, 0.29) is 22.7 Å². The standard InChI is InChI=1S/C17H10Cl2N2O5/c1-8-4-9(2-3-13(8)17(22)23)14-15(21(24)25)16(26-20-14)10-5-11(18)7-12(19)6-10/h2-7H,1H3,(H,22,23). The van der Waals surface area contributed by atoms with Gasteiger partial charge >= 0.3 is 11.7 Å². The molecule has 9 heteroatoms. The molecule has 0 unspecified atom stereocenters. The molecule has 0 aliphatic carbocycles. The molecule has 0 aliphatic heterocycles.